The molecule has 2 bridgehead atoms. The molecule has 0 spiro atoms. The number of carbonyl (C=O) groups excluding carboxylic acids is 2. The maximum absolute atomic E-state index is 13.0. The van der Waals surface area contributed by atoms with Gasteiger partial charge in [-0.25, -0.2) is 9.78 Å². The molecule has 0 atom stereocenters. The fraction of sp³-hybridized carbons (Fsp3) is 0.633. The zero-order chi connectivity index (χ0) is 29.6. The van der Waals surface area contributed by atoms with E-state index in [-0.39, 0.29) is 28.8 Å². The van der Waals surface area contributed by atoms with Gasteiger partial charge in [-0.1, -0.05) is 15.9 Å². The third-order valence-corrected chi connectivity index (χ3v) is 10.6. The van der Waals surface area contributed by atoms with E-state index in [4.69, 9.17) is 14.8 Å². The van der Waals surface area contributed by atoms with Crippen molar-refractivity contribution in [3.8, 4) is 0 Å². The number of nitrogens with one attached hydrogen (secondary N) is 1. The lowest BCUT2D eigenvalue weighted by Gasteiger charge is -2.57. The fourth-order valence-electron chi connectivity index (χ4n) is 7.68. The summed E-state index contributed by atoms with van der Waals surface area (Å²) in [6.07, 6.45) is 8.57. The van der Waals surface area contributed by atoms with Gasteiger partial charge in [0.15, 0.2) is 5.65 Å². The molecule has 3 saturated carbocycles. The highest BCUT2D eigenvalue weighted by molar-refractivity contribution is 9.09. The molecule has 0 unspecified atom stereocenters. The Kier molecular flexibility index (Phi) is 7.69. The summed E-state index contributed by atoms with van der Waals surface area (Å²) >= 11 is 3.38. The van der Waals surface area contributed by atoms with Crippen molar-refractivity contribution in [3.63, 3.8) is 0 Å². The predicted octanol–water partition coefficient (Wildman–Crippen LogP) is 4.02. The van der Waals surface area contributed by atoms with Crippen LogP contribution in [0.5, 0.6) is 0 Å². The summed E-state index contributed by atoms with van der Waals surface area (Å²) in [6.45, 7) is 7.53. The number of anilines is 1. The van der Waals surface area contributed by atoms with Crippen molar-refractivity contribution in [2.24, 2.45) is 12.5 Å². The number of carbonyl (C=O) groups is 2. The largest absolute Gasteiger partial charge is 0.448 e. The Bertz CT molecular complexity index is 1490. The summed E-state index contributed by atoms with van der Waals surface area (Å²) in [5.41, 5.74) is 7.00. The van der Waals surface area contributed by atoms with Crippen molar-refractivity contribution < 1.29 is 14.3 Å². The molecule has 7 rings (SSSR count). The number of halogens is 1. The van der Waals surface area contributed by atoms with Crippen molar-refractivity contribution in [2.45, 2.75) is 77.4 Å². The first-order valence-corrected chi connectivity index (χ1v) is 16.1. The number of amides is 2. The SMILES string of the molecule is CNC(=O)OCCN(C(=O)CBr)C12CCC(Cn3nc(C)c4c3CCN(c3cc(C)nc5c3cnn5C)C4)(CC1)CC2. The van der Waals surface area contributed by atoms with Gasteiger partial charge in [0, 0.05) is 62.6 Å². The summed E-state index contributed by atoms with van der Waals surface area (Å²) in [6, 6.07) is 2.18. The van der Waals surface area contributed by atoms with Crippen molar-refractivity contribution in [2.75, 3.05) is 37.0 Å². The number of hydrogen-bond donors (Lipinski definition) is 1. The van der Waals surface area contributed by atoms with E-state index < -0.39 is 6.09 Å². The van der Waals surface area contributed by atoms with Crippen molar-refractivity contribution in [3.05, 3.63) is 34.9 Å². The number of ether oxygens (including phenoxy) is 1. The third-order valence-electron chi connectivity index (χ3n) is 10.1. The first-order valence-electron chi connectivity index (χ1n) is 15.0. The van der Waals surface area contributed by atoms with Gasteiger partial charge in [-0.2, -0.15) is 10.2 Å². The predicted molar refractivity (Wildman–Crippen MR) is 164 cm³/mol. The Morgan fingerprint density at radius 1 is 1.17 bits per heavy atom. The molecule has 0 aromatic carbocycles. The maximum atomic E-state index is 13.0. The smallest absolute Gasteiger partial charge is 0.406 e. The summed E-state index contributed by atoms with van der Waals surface area (Å²) in [5.74, 6) is 0.0687. The van der Waals surface area contributed by atoms with Crippen LogP contribution < -0.4 is 10.2 Å². The van der Waals surface area contributed by atoms with Crippen LogP contribution in [0.2, 0.25) is 0 Å². The van der Waals surface area contributed by atoms with E-state index in [0.29, 0.717) is 6.54 Å². The minimum absolute atomic E-state index is 0.0687. The van der Waals surface area contributed by atoms with Gasteiger partial charge in [-0.3, -0.25) is 14.2 Å². The highest BCUT2D eigenvalue weighted by Gasteiger charge is 2.52. The lowest BCUT2D eigenvalue weighted by Crippen LogP contribution is -2.60. The summed E-state index contributed by atoms with van der Waals surface area (Å²) in [4.78, 5) is 33.7. The van der Waals surface area contributed by atoms with E-state index in [1.54, 1.807) is 7.05 Å². The molecule has 42 heavy (non-hydrogen) atoms. The highest BCUT2D eigenvalue weighted by Crippen LogP contribution is 2.55. The Morgan fingerprint density at radius 2 is 1.90 bits per heavy atom. The number of hydrogen-bond acceptors (Lipinski definition) is 7. The van der Waals surface area contributed by atoms with Gasteiger partial charge in [0.05, 0.1) is 34.8 Å². The number of alkyl carbamates (subject to hydrolysis) is 1. The molecule has 2 amide bonds. The lowest BCUT2D eigenvalue weighted by atomic mass is 9.56. The van der Waals surface area contributed by atoms with Gasteiger partial charge in [0.2, 0.25) is 5.91 Å². The van der Waals surface area contributed by atoms with Crippen LogP contribution in [-0.2, 0) is 36.1 Å². The molecule has 11 nitrogen and oxygen atoms in total. The monoisotopic (exact) mass is 640 g/mol. The van der Waals surface area contributed by atoms with Gasteiger partial charge in [-0.05, 0) is 63.9 Å². The summed E-state index contributed by atoms with van der Waals surface area (Å²) in [5, 5.41) is 13.4. The van der Waals surface area contributed by atoms with Crippen molar-refractivity contribution in [1.82, 2.24) is 34.8 Å². The van der Waals surface area contributed by atoms with Crippen LogP contribution in [0.15, 0.2) is 12.3 Å². The zero-order valence-corrected chi connectivity index (χ0v) is 26.7. The van der Waals surface area contributed by atoms with Gasteiger partial charge < -0.3 is 19.9 Å². The molecule has 0 radical (unpaired) electrons. The van der Waals surface area contributed by atoms with Crippen molar-refractivity contribution >= 4 is 44.7 Å². The van der Waals surface area contributed by atoms with E-state index >= 15 is 0 Å². The number of aromatic nitrogens is 5. The van der Waals surface area contributed by atoms with Crippen molar-refractivity contribution in [1.29, 1.82) is 0 Å². The fourth-order valence-corrected chi connectivity index (χ4v) is 7.99. The van der Waals surface area contributed by atoms with Crippen LogP contribution in [0, 0.1) is 19.3 Å². The number of rotatable bonds is 8. The van der Waals surface area contributed by atoms with E-state index in [1.165, 1.54) is 16.9 Å². The van der Waals surface area contributed by atoms with Crippen LogP contribution >= 0.6 is 15.9 Å². The minimum atomic E-state index is -0.465. The number of alkyl halides is 1. The Morgan fingerprint density at radius 3 is 2.60 bits per heavy atom. The molecule has 3 aromatic rings. The molecular weight excluding hydrogens is 600 g/mol. The number of pyridine rings is 1. The Hall–Kier alpha value is -3.15. The molecule has 12 heteroatoms. The topological polar surface area (TPSA) is 110 Å². The molecule has 1 N–H and O–H groups in total. The van der Waals surface area contributed by atoms with E-state index in [1.807, 2.05) is 29.7 Å². The van der Waals surface area contributed by atoms with Crippen LogP contribution in [0.25, 0.3) is 11.0 Å². The van der Waals surface area contributed by atoms with E-state index in [9.17, 15) is 9.59 Å². The van der Waals surface area contributed by atoms with Crippen LogP contribution in [-0.4, -0.2) is 79.1 Å². The molecule has 4 heterocycles. The van der Waals surface area contributed by atoms with Gasteiger partial charge in [-0.15, -0.1) is 0 Å². The average Bonchev–Trinajstić information content (AvgIpc) is 3.53. The third kappa shape index (κ3) is 5.05. The molecule has 3 fully saturated rings. The quantitative estimate of drug-likeness (QED) is 0.370. The first kappa shape index (κ1) is 28.9. The Balaban J connectivity index is 1.16. The van der Waals surface area contributed by atoms with Gasteiger partial charge in [0.1, 0.15) is 6.61 Å². The standard InChI is InChI=1S/C30H41BrN8O3/c1-20-15-25(22-17-33-36(4)27(22)34-20)37-12-5-24-23(18-37)21(2)35-39(24)19-29-6-9-30(10-7-29,11-8-29)38(26(40)16-31)13-14-42-28(41)32-3/h15,17H,5-14,16,18-19H2,1-4H3,(H,32,41). The second-order valence-corrected chi connectivity index (χ2v) is 13.0. The number of aryl methyl sites for hydroxylation is 3. The average molecular weight is 642 g/mol. The molecule has 3 aromatic heterocycles. The van der Waals surface area contributed by atoms with Gasteiger partial charge in [0.25, 0.3) is 0 Å². The van der Waals surface area contributed by atoms with Gasteiger partial charge >= 0.3 is 6.09 Å². The maximum Gasteiger partial charge on any atom is 0.406 e. The molecule has 0 saturated heterocycles. The summed E-state index contributed by atoms with van der Waals surface area (Å²) < 4.78 is 9.41. The molecule has 1 aliphatic heterocycles. The van der Waals surface area contributed by atoms with E-state index in [0.717, 1.165) is 87.0 Å². The number of nitrogens with zero attached hydrogens (tertiary/aromatic N) is 7. The molecule has 226 valence electrons. The molecule has 3 aliphatic carbocycles. The lowest BCUT2D eigenvalue weighted by molar-refractivity contribution is -0.144. The van der Waals surface area contributed by atoms with Crippen LogP contribution in [0.1, 0.15) is 61.2 Å². The molecule has 4 aliphatic rings. The summed E-state index contributed by atoms with van der Waals surface area (Å²) in [7, 11) is 3.49. The molecular formula is C30H41BrN8O3. The Labute approximate surface area is 255 Å². The highest BCUT2D eigenvalue weighted by atomic mass is 79.9. The normalized spacial score (nSPS) is 23.2. The minimum Gasteiger partial charge on any atom is -0.448 e. The van der Waals surface area contributed by atoms with Crippen LogP contribution in [0.4, 0.5) is 10.5 Å². The first-order chi connectivity index (χ1) is 20.2. The number of fused-ring (bicyclic) bond motifs is 5. The second-order valence-electron chi connectivity index (χ2n) is 12.4. The van der Waals surface area contributed by atoms with Crippen LogP contribution in [0.3, 0.4) is 0 Å². The second kappa shape index (κ2) is 11.2. The zero-order valence-electron chi connectivity index (χ0n) is 25.1. The van der Waals surface area contributed by atoms with E-state index in [2.05, 4.69) is 48.9 Å².